The number of amides is 2. The number of aryl methyl sites for hydroxylation is 1. The third-order valence-corrected chi connectivity index (χ3v) is 5.81. The van der Waals surface area contributed by atoms with E-state index in [1.54, 1.807) is 34.0 Å². The Hall–Kier alpha value is -3.87. The van der Waals surface area contributed by atoms with E-state index < -0.39 is 0 Å². The lowest BCUT2D eigenvalue weighted by atomic mass is 10.0. The molecule has 1 atom stereocenters. The molecule has 0 aliphatic carbocycles. The molecule has 3 aromatic heterocycles. The zero-order valence-electron chi connectivity index (χ0n) is 18.3. The number of H-pyrrole nitrogens is 1. The third-order valence-electron chi connectivity index (χ3n) is 5.81. The van der Waals surface area contributed by atoms with Crippen LogP contribution >= 0.6 is 0 Å². The number of fused-ring (bicyclic) bond motifs is 1. The molecule has 7 nitrogen and oxygen atoms in total. The Bertz CT molecular complexity index is 1210. The van der Waals surface area contributed by atoms with Gasteiger partial charge in [0.25, 0.3) is 11.8 Å². The Morgan fingerprint density at radius 3 is 2.69 bits per heavy atom. The molecule has 7 heteroatoms. The number of hydrogen-bond acceptors (Lipinski definition) is 3. The van der Waals surface area contributed by atoms with Gasteiger partial charge in [-0.1, -0.05) is 30.3 Å². The lowest BCUT2D eigenvalue weighted by molar-refractivity contribution is 0.0724. The number of aromatic nitrogens is 3. The van der Waals surface area contributed by atoms with Crippen LogP contribution in [0.15, 0.2) is 73.2 Å². The van der Waals surface area contributed by atoms with Gasteiger partial charge in [-0.3, -0.25) is 9.59 Å². The molecule has 0 spiro atoms. The van der Waals surface area contributed by atoms with Crippen molar-refractivity contribution in [1.29, 1.82) is 0 Å². The SMILES string of the molecule is CN(C(=O)c1ccnc2[nH]ccc12)C(CCNC(=O)c1cccn1C)Cc1ccccc1. The Morgan fingerprint density at radius 1 is 1.12 bits per heavy atom. The zero-order valence-corrected chi connectivity index (χ0v) is 18.3. The van der Waals surface area contributed by atoms with Crippen LogP contribution in [0, 0.1) is 0 Å². The van der Waals surface area contributed by atoms with Crippen molar-refractivity contribution in [3.05, 3.63) is 90.0 Å². The normalized spacial score (nSPS) is 11.9. The third kappa shape index (κ3) is 4.56. The van der Waals surface area contributed by atoms with Gasteiger partial charge in [-0.15, -0.1) is 0 Å². The first-order valence-corrected chi connectivity index (χ1v) is 10.7. The van der Waals surface area contributed by atoms with Gasteiger partial charge in [-0.25, -0.2) is 4.98 Å². The topological polar surface area (TPSA) is 83.0 Å². The van der Waals surface area contributed by atoms with E-state index in [4.69, 9.17) is 0 Å². The van der Waals surface area contributed by atoms with Crippen molar-refractivity contribution in [2.24, 2.45) is 7.05 Å². The van der Waals surface area contributed by atoms with Crippen LogP contribution in [0.5, 0.6) is 0 Å². The predicted molar refractivity (Wildman–Crippen MR) is 124 cm³/mol. The van der Waals surface area contributed by atoms with Crippen molar-refractivity contribution in [3.8, 4) is 0 Å². The molecule has 0 bridgehead atoms. The van der Waals surface area contributed by atoms with E-state index in [-0.39, 0.29) is 17.9 Å². The number of nitrogens with zero attached hydrogens (tertiary/aromatic N) is 3. The second kappa shape index (κ2) is 9.51. The summed E-state index contributed by atoms with van der Waals surface area (Å²) >= 11 is 0. The lowest BCUT2D eigenvalue weighted by Gasteiger charge is -2.29. The first-order valence-electron chi connectivity index (χ1n) is 10.7. The summed E-state index contributed by atoms with van der Waals surface area (Å²) in [7, 11) is 3.67. The quantitative estimate of drug-likeness (QED) is 0.450. The fraction of sp³-hybridized carbons (Fsp3) is 0.240. The molecule has 1 unspecified atom stereocenters. The second-order valence-electron chi connectivity index (χ2n) is 7.91. The van der Waals surface area contributed by atoms with Crippen LogP contribution in [0.3, 0.4) is 0 Å². The average molecular weight is 430 g/mol. The largest absolute Gasteiger partial charge is 0.351 e. The van der Waals surface area contributed by atoms with Crippen molar-refractivity contribution in [3.63, 3.8) is 0 Å². The van der Waals surface area contributed by atoms with E-state index in [1.165, 1.54) is 0 Å². The number of nitrogens with one attached hydrogen (secondary N) is 2. The monoisotopic (exact) mass is 429 g/mol. The van der Waals surface area contributed by atoms with Gasteiger partial charge in [0, 0.05) is 50.7 Å². The highest BCUT2D eigenvalue weighted by Gasteiger charge is 2.23. The van der Waals surface area contributed by atoms with Crippen LogP contribution in [0.4, 0.5) is 0 Å². The molecule has 0 saturated heterocycles. The Labute approximate surface area is 187 Å². The molecule has 4 rings (SSSR count). The first-order chi connectivity index (χ1) is 15.5. The molecule has 32 heavy (non-hydrogen) atoms. The maximum Gasteiger partial charge on any atom is 0.267 e. The highest BCUT2D eigenvalue weighted by molar-refractivity contribution is 6.05. The fourth-order valence-electron chi connectivity index (χ4n) is 3.96. The number of rotatable bonds is 8. The zero-order chi connectivity index (χ0) is 22.5. The number of hydrogen-bond donors (Lipinski definition) is 2. The molecule has 0 aliphatic heterocycles. The maximum absolute atomic E-state index is 13.4. The Balaban J connectivity index is 1.50. The molecule has 0 radical (unpaired) electrons. The van der Waals surface area contributed by atoms with Gasteiger partial charge >= 0.3 is 0 Å². The molecule has 0 saturated carbocycles. The van der Waals surface area contributed by atoms with Crippen LogP contribution in [0.25, 0.3) is 11.0 Å². The van der Waals surface area contributed by atoms with Gasteiger partial charge < -0.3 is 19.8 Å². The minimum atomic E-state index is -0.117. The molecule has 1 aromatic carbocycles. The number of aromatic amines is 1. The van der Waals surface area contributed by atoms with Crippen molar-refractivity contribution < 1.29 is 9.59 Å². The van der Waals surface area contributed by atoms with Gasteiger partial charge in [0.2, 0.25) is 0 Å². The summed E-state index contributed by atoms with van der Waals surface area (Å²) in [6.45, 7) is 0.467. The first kappa shape index (κ1) is 21.4. The second-order valence-corrected chi connectivity index (χ2v) is 7.91. The van der Waals surface area contributed by atoms with Crippen molar-refractivity contribution in [2.45, 2.75) is 18.9 Å². The minimum Gasteiger partial charge on any atom is -0.351 e. The highest BCUT2D eigenvalue weighted by atomic mass is 16.2. The van der Waals surface area contributed by atoms with Gasteiger partial charge in [-0.05, 0) is 42.7 Å². The summed E-state index contributed by atoms with van der Waals surface area (Å²) in [5.41, 5.74) is 3.07. The molecular formula is C25H27N5O2. The summed E-state index contributed by atoms with van der Waals surface area (Å²) in [6, 6.07) is 17.3. The predicted octanol–water partition coefficient (Wildman–Crippen LogP) is 3.40. The van der Waals surface area contributed by atoms with Gasteiger partial charge in [0.15, 0.2) is 0 Å². The van der Waals surface area contributed by atoms with Crippen LogP contribution in [0.2, 0.25) is 0 Å². The highest BCUT2D eigenvalue weighted by Crippen LogP contribution is 2.20. The van der Waals surface area contributed by atoms with Crippen LogP contribution < -0.4 is 5.32 Å². The van der Waals surface area contributed by atoms with Crippen LogP contribution in [-0.4, -0.2) is 50.9 Å². The number of benzene rings is 1. The summed E-state index contributed by atoms with van der Waals surface area (Å²) in [6.07, 6.45) is 6.61. The van der Waals surface area contributed by atoms with Crippen molar-refractivity contribution in [2.75, 3.05) is 13.6 Å². The van der Waals surface area contributed by atoms with Crippen molar-refractivity contribution >= 4 is 22.8 Å². The number of carbonyl (C=O) groups excluding carboxylic acids is 2. The molecule has 3 heterocycles. The standard InChI is InChI=1S/C25H27N5O2/c1-29-16-6-9-22(29)24(31)28-13-10-19(17-18-7-4-3-5-8-18)30(2)25(32)21-12-15-27-23-20(21)11-14-26-23/h3-9,11-12,14-16,19H,10,13,17H2,1-2H3,(H,26,27)(H,28,31). The van der Waals surface area contributed by atoms with Gasteiger partial charge in [-0.2, -0.15) is 0 Å². The summed E-state index contributed by atoms with van der Waals surface area (Å²) in [5.74, 6) is -0.181. The van der Waals surface area contributed by atoms with E-state index in [0.29, 0.717) is 36.3 Å². The molecule has 0 aliphatic rings. The average Bonchev–Trinajstić information content (AvgIpc) is 3.46. The van der Waals surface area contributed by atoms with Crippen LogP contribution in [0.1, 0.15) is 32.8 Å². The molecule has 0 fully saturated rings. The number of likely N-dealkylation sites (N-methyl/N-ethyl adjacent to an activating group) is 1. The molecule has 4 aromatic rings. The van der Waals surface area contributed by atoms with Gasteiger partial charge in [0.05, 0.1) is 5.56 Å². The molecular weight excluding hydrogens is 402 g/mol. The smallest absolute Gasteiger partial charge is 0.267 e. The number of carbonyl (C=O) groups is 2. The molecule has 2 N–H and O–H groups in total. The van der Waals surface area contributed by atoms with E-state index in [2.05, 4.69) is 27.4 Å². The number of pyridine rings is 1. The van der Waals surface area contributed by atoms with Crippen LogP contribution in [-0.2, 0) is 13.5 Å². The van der Waals surface area contributed by atoms with Crippen molar-refractivity contribution in [1.82, 2.24) is 24.8 Å². The Morgan fingerprint density at radius 2 is 1.94 bits per heavy atom. The van der Waals surface area contributed by atoms with E-state index in [0.717, 1.165) is 10.9 Å². The molecule has 2 amide bonds. The summed E-state index contributed by atoms with van der Waals surface area (Å²) in [4.78, 5) is 35.0. The van der Waals surface area contributed by atoms with E-state index in [1.807, 2.05) is 50.6 Å². The maximum atomic E-state index is 13.4. The fourth-order valence-corrected chi connectivity index (χ4v) is 3.96. The summed E-state index contributed by atoms with van der Waals surface area (Å²) < 4.78 is 1.79. The minimum absolute atomic E-state index is 0.0632. The lowest BCUT2D eigenvalue weighted by Crippen LogP contribution is -2.41. The van der Waals surface area contributed by atoms with E-state index in [9.17, 15) is 9.59 Å². The molecule has 164 valence electrons. The summed E-state index contributed by atoms with van der Waals surface area (Å²) in [5, 5.41) is 3.79. The van der Waals surface area contributed by atoms with E-state index >= 15 is 0 Å². The van der Waals surface area contributed by atoms with Gasteiger partial charge in [0.1, 0.15) is 11.3 Å². The Kier molecular flexibility index (Phi) is 6.35.